The van der Waals surface area contributed by atoms with Crippen molar-refractivity contribution in [2.45, 2.75) is 24.0 Å². The van der Waals surface area contributed by atoms with Gasteiger partial charge in [-0.1, -0.05) is 22.4 Å². The molecule has 5 heteroatoms. The Bertz CT molecular complexity index is 435. The number of carbonyl (C=O) groups is 1. The van der Waals surface area contributed by atoms with Crippen molar-refractivity contribution >= 4 is 39.3 Å². The number of rotatable bonds is 4. The Morgan fingerprint density at radius 2 is 2.22 bits per heavy atom. The highest BCUT2D eigenvalue weighted by atomic mass is 79.9. The number of nitrogens with one attached hydrogen (secondary N) is 1. The van der Waals surface area contributed by atoms with Gasteiger partial charge in [0.2, 0.25) is 0 Å². The van der Waals surface area contributed by atoms with Gasteiger partial charge in [-0.3, -0.25) is 4.79 Å². The number of carbonyl (C=O) groups excluding carboxylic acids is 1. The summed E-state index contributed by atoms with van der Waals surface area (Å²) in [5, 5.41) is 3.01. The van der Waals surface area contributed by atoms with Crippen LogP contribution in [0.25, 0.3) is 0 Å². The van der Waals surface area contributed by atoms with Crippen molar-refractivity contribution in [1.29, 1.82) is 0 Å². The number of nitrogens with two attached hydrogens (primary N) is 1. The molecule has 0 unspecified atom stereocenters. The molecule has 98 valence electrons. The van der Waals surface area contributed by atoms with Crippen molar-refractivity contribution in [3.05, 3.63) is 28.2 Å². The molecule has 0 saturated heterocycles. The van der Waals surface area contributed by atoms with Crippen LogP contribution >= 0.6 is 27.7 Å². The molecule has 1 aromatic rings. The minimum atomic E-state index is -0.0525. The van der Waals surface area contributed by atoms with Crippen molar-refractivity contribution in [3.8, 4) is 0 Å². The van der Waals surface area contributed by atoms with Gasteiger partial charge in [-0.15, -0.1) is 0 Å². The van der Waals surface area contributed by atoms with Crippen LogP contribution in [0.1, 0.15) is 29.6 Å². The van der Waals surface area contributed by atoms with Crippen LogP contribution < -0.4 is 11.1 Å². The van der Waals surface area contributed by atoms with Gasteiger partial charge in [-0.2, -0.15) is 11.8 Å². The van der Waals surface area contributed by atoms with Gasteiger partial charge in [-0.05, 0) is 37.3 Å². The fraction of sp³-hybridized carbons (Fsp3) is 0.462. The second kappa shape index (κ2) is 5.53. The van der Waals surface area contributed by atoms with E-state index in [4.69, 9.17) is 5.73 Å². The van der Waals surface area contributed by atoms with Gasteiger partial charge >= 0.3 is 0 Å². The Hall–Kier alpha value is -0.680. The van der Waals surface area contributed by atoms with Crippen LogP contribution in [0, 0.1) is 0 Å². The average molecular weight is 329 g/mol. The third kappa shape index (κ3) is 3.01. The summed E-state index contributed by atoms with van der Waals surface area (Å²) >= 11 is 5.20. The molecule has 0 radical (unpaired) electrons. The minimum absolute atomic E-state index is 0.0525. The molecule has 0 aliphatic heterocycles. The first-order chi connectivity index (χ1) is 8.54. The summed E-state index contributed by atoms with van der Waals surface area (Å²) in [6, 6.07) is 5.27. The fourth-order valence-electron chi connectivity index (χ4n) is 2.11. The highest BCUT2D eigenvalue weighted by Gasteiger charge is 2.36. The summed E-state index contributed by atoms with van der Waals surface area (Å²) in [6.45, 7) is 0.736. The Balaban J connectivity index is 1.99. The van der Waals surface area contributed by atoms with Crippen molar-refractivity contribution in [3.63, 3.8) is 0 Å². The third-order valence-electron chi connectivity index (χ3n) is 3.45. The summed E-state index contributed by atoms with van der Waals surface area (Å²) < 4.78 is 1.09. The lowest BCUT2D eigenvalue weighted by molar-refractivity contribution is 0.0944. The van der Waals surface area contributed by atoms with Gasteiger partial charge in [-0.25, -0.2) is 0 Å². The fourth-order valence-corrected chi connectivity index (χ4v) is 3.54. The first kappa shape index (κ1) is 13.7. The van der Waals surface area contributed by atoms with Gasteiger partial charge in [0.25, 0.3) is 5.91 Å². The zero-order valence-corrected chi connectivity index (χ0v) is 12.7. The van der Waals surface area contributed by atoms with E-state index >= 15 is 0 Å². The van der Waals surface area contributed by atoms with Gasteiger partial charge in [0.1, 0.15) is 0 Å². The highest BCUT2D eigenvalue weighted by molar-refractivity contribution is 9.10. The summed E-state index contributed by atoms with van der Waals surface area (Å²) in [7, 11) is 0. The van der Waals surface area contributed by atoms with E-state index in [1.165, 1.54) is 19.3 Å². The third-order valence-corrected chi connectivity index (χ3v) is 5.33. The molecular formula is C13H17BrN2OS. The van der Waals surface area contributed by atoms with Crippen LogP contribution in [0.5, 0.6) is 0 Å². The molecule has 0 spiro atoms. The summed E-state index contributed by atoms with van der Waals surface area (Å²) in [5.74, 6) is -0.0525. The lowest BCUT2D eigenvalue weighted by Gasteiger charge is -2.40. The molecule has 3 N–H and O–H groups in total. The zero-order valence-electron chi connectivity index (χ0n) is 10.3. The standard InChI is InChI=1S/C13H17BrN2OS/c1-18-13(3-2-4-13)8-16-12(17)9-5-10(14)7-11(15)6-9/h5-7H,2-4,8,15H2,1H3,(H,16,17). The van der Waals surface area contributed by atoms with E-state index in [1.54, 1.807) is 18.2 Å². The summed E-state index contributed by atoms with van der Waals surface area (Å²) in [6.07, 6.45) is 5.76. The molecule has 3 nitrogen and oxygen atoms in total. The molecule has 1 aliphatic rings. The van der Waals surface area contributed by atoms with Gasteiger partial charge in [0.05, 0.1) is 0 Å². The molecule has 1 amide bonds. The molecule has 0 bridgehead atoms. The van der Waals surface area contributed by atoms with Gasteiger partial charge in [0, 0.05) is 27.0 Å². The number of halogens is 1. The van der Waals surface area contributed by atoms with E-state index in [-0.39, 0.29) is 10.7 Å². The number of amides is 1. The molecule has 1 saturated carbocycles. The number of benzene rings is 1. The van der Waals surface area contributed by atoms with Crippen LogP contribution in [-0.2, 0) is 0 Å². The molecule has 0 aromatic heterocycles. The van der Waals surface area contributed by atoms with E-state index in [2.05, 4.69) is 27.5 Å². The number of hydrogen-bond donors (Lipinski definition) is 2. The van der Waals surface area contributed by atoms with Gasteiger partial charge < -0.3 is 11.1 Å². The second-order valence-electron chi connectivity index (χ2n) is 4.70. The first-order valence-corrected chi connectivity index (χ1v) is 7.96. The van der Waals surface area contributed by atoms with Crippen molar-refractivity contribution < 1.29 is 4.79 Å². The van der Waals surface area contributed by atoms with Crippen molar-refractivity contribution in [1.82, 2.24) is 5.32 Å². The molecule has 18 heavy (non-hydrogen) atoms. The predicted octanol–water partition coefficient (Wildman–Crippen LogP) is 3.05. The van der Waals surface area contributed by atoms with Crippen LogP contribution in [-0.4, -0.2) is 23.5 Å². The van der Waals surface area contributed by atoms with Crippen molar-refractivity contribution in [2.75, 3.05) is 18.5 Å². The Morgan fingerprint density at radius 3 is 2.72 bits per heavy atom. The van der Waals surface area contributed by atoms with E-state index in [9.17, 15) is 4.79 Å². The molecule has 1 aliphatic carbocycles. The quantitative estimate of drug-likeness (QED) is 0.835. The molecule has 1 fully saturated rings. The maximum absolute atomic E-state index is 12.1. The predicted molar refractivity (Wildman–Crippen MR) is 81.0 cm³/mol. The smallest absolute Gasteiger partial charge is 0.251 e. The van der Waals surface area contributed by atoms with Crippen LogP contribution in [0.15, 0.2) is 22.7 Å². The van der Waals surface area contributed by atoms with E-state index in [0.717, 1.165) is 11.0 Å². The number of anilines is 1. The maximum atomic E-state index is 12.1. The van der Waals surface area contributed by atoms with E-state index in [1.807, 2.05) is 11.8 Å². The molecule has 0 atom stereocenters. The maximum Gasteiger partial charge on any atom is 0.251 e. The second-order valence-corrected chi connectivity index (χ2v) is 6.89. The Kier molecular flexibility index (Phi) is 4.22. The minimum Gasteiger partial charge on any atom is -0.399 e. The zero-order chi connectivity index (χ0) is 13.2. The van der Waals surface area contributed by atoms with E-state index in [0.29, 0.717) is 11.3 Å². The molecular weight excluding hydrogens is 312 g/mol. The number of thioether (sulfide) groups is 1. The number of hydrogen-bond acceptors (Lipinski definition) is 3. The molecule has 0 heterocycles. The Labute approximate surface area is 120 Å². The lowest BCUT2D eigenvalue weighted by atomic mass is 9.84. The first-order valence-electron chi connectivity index (χ1n) is 5.94. The molecule has 1 aromatic carbocycles. The average Bonchev–Trinajstić information content (AvgIpc) is 2.26. The van der Waals surface area contributed by atoms with Crippen molar-refractivity contribution in [2.24, 2.45) is 0 Å². The molecule has 2 rings (SSSR count). The summed E-state index contributed by atoms with van der Waals surface area (Å²) in [4.78, 5) is 12.1. The van der Waals surface area contributed by atoms with Crippen LogP contribution in [0.3, 0.4) is 0 Å². The SMILES string of the molecule is CSC1(CNC(=O)c2cc(N)cc(Br)c2)CCC1. The lowest BCUT2D eigenvalue weighted by Crippen LogP contribution is -2.45. The monoisotopic (exact) mass is 328 g/mol. The topological polar surface area (TPSA) is 55.1 Å². The Morgan fingerprint density at radius 1 is 1.50 bits per heavy atom. The largest absolute Gasteiger partial charge is 0.399 e. The highest BCUT2D eigenvalue weighted by Crippen LogP contribution is 2.42. The van der Waals surface area contributed by atoms with Gasteiger partial charge in [0.15, 0.2) is 0 Å². The summed E-state index contributed by atoms with van der Waals surface area (Å²) in [5.41, 5.74) is 6.93. The van der Waals surface area contributed by atoms with Crippen LogP contribution in [0.4, 0.5) is 5.69 Å². The number of nitrogen functional groups attached to an aromatic ring is 1. The van der Waals surface area contributed by atoms with Crippen LogP contribution in [0.2, 0.25) is 0 Å². The van der Waals surface area contributed by atoms with E-state index < -0.39 is 0 Å². The normalized spacial score (nSPS) is 17.0.